The summed E-state index contributed by atoms with van der Waals surface area (Å²) in [4.78, 5) is 9.94. The molecule has 1 aromatic rings. The number of nitro groups is 1. The zero-order valence-electron chi connectivity index (χ0n) is 7.39. The Balaban J connectivity index is 0.00000169. The fraction of sp³-hybridized carbons (Fsp3) is 0.143. The minimum Gasteiger partial charge on any atom is -0.490 e. The van der Waals surface area contributed by atoms with Crippen molar-refractivity contribution in [2.75, 3.05) is 12.5 Å². The fourth-order valence-corrected chi connectivity index (χ4v) is 0.918. The molecule has 0 unspecified atom stereocenters. The zero-order valence-corrected chi connectivity index (χ0v) is 9.10. The third kappa shape index (κ3) is 2.57. The molecule has 0 aromatic heterocycles. The van der Waals surface area contributed by atoms with E-state index in [1.54, 1.807) is 0 Å². The first kappa shape index (κ1) is 12.7. The van der Waals surface area contributed by atoms with Gasteiger partial charge in [0.05, 0.1) is 17.7 Å². The number of hydrogen-bond donors (Lipinski definition) is 2. The van der Waals surface area contributed by atoms with Gasteiger partial charge in [-0.25, -0.2) is 0 Å². The van der Waals surface area contributed by atoms with Crippen LogP contribution < -0.4 is 16.0 Å². The number of benzene rings is 1. The van der Waals surface area contributed by atoms with E-state index in [4.69, 9.17) is 10.6 Å². The molecular weight excluding hydrogens is 254 g/mol. The van der Waals surface area contributed by atoms with Crippen LogP contribution in [0.15, 0.2) is 18.2 Å². The number of ether oxygens (including phenoxy) is 1. The molecule has 0 aliphatic heterocycles. The Morgan fingerprint density at radius 3 is 2.64 bits per heavy atom. The number of nitrogens with one attached hydrogen (secondary N) is 1. The van der Waals surface area contributed by atoms with E-state index in [2.05, 4.69) is 5.43 Å². The minimum atomic E-state index is -0.515. The van der Waals surface area contributed by atoms with Crippen molar-refractivity contribution in [3.8, 4) is 5.75 Å². The van der Waals surface area contributed by atoms with Crippen LogP contribution in [0.1, 0.15) is 0 Å². The Bertz CT molecular complexity index is 332. The molecule has 0 bridgehead atoms. The molecule has 0 radical (unpaired) electrons. The lowest BCUT2D eigenvalue weighted by Crippen LogP contribution is -2.06. The Hall–Kier alpha value is -1.34. The SMILES string of the molecule is Br.COc1cc(NN)ccc1[N+](=O)[O-]. The van der Waals surface area contributed by atoms with Crippen LogP contribution in [0, 0.1) is 10.1 Å². The van der Waals surface area contributed by atoms with Crippen LogP contribution in [0.3, 0.4) is 0 Å². The standard InChI is InChI=1S/C7H9N3O3.BrH/c1-13-7-4-5(9-8)2-3-6(7)10(11)12;/h2-4,9H,8H2,1H3;1H. The molecule has 7 heteroatoms. The highest BCUT2D eigenvalue weighted by atomic mass is 79.9. The smallest absolute Gasteiger partial charge is 0.311 e. The van der Waals surface area contributed by atoms with E-state index in [-0.39, 0.29) is 28.4 Å². The number of rotatable bonds is 3. The number of nitrogens with zero attached hydrogens (tertiary/aromatic N) is 1. The molecule has 0 saturated carbocycles. The molecule has 0 atom stereocenters. The summed E-state index contributed by atoms with van der Waals surface area (Å²) < 4.78 is 4.81. The van der Waals surface area contributed by atoms with Crippen molar-refractivity contribution < 1.29 is 9.66 Å². The topological polar surface area (TPSA) is 90.4 Å². The number of methoxy groups -OCH3 is 1. The maximum Gasteiger partial charge on any atom is 0.311 e. The number of halogens is 1. The number of nitro benzene ring substituents is 1. The molecular formula is C7H10BrN3O3. The monoisotopic (exact) mass is 263 g/mol. The van der Waals surface area contributed by atoms with Gasteiger partial charge >= 0.3 is 5.69 Å². The number of nitrogens with two attached hydrogens (primary N) is 1. The lowest BCUT2D eigenvalue weighted by Gasteiger charge is -2.03. The molecule has 3 N–H and O–H groups in total. The fourth-order valence-electron chi connectivity index (χ4n) is 0.918. The van der Waals surface area contributed by atoms with Gasteiger partial charge < -0.3 is 10.2 Å². The first-order chi connectivity index (χ1) is 6.19. The average molecular weight is 264 g/mol. The first-order valence-corrected chi connectivity index (χ1v) is 3.48. The van der Waals surface area contributed by atoms with Gasteiger partial charge in [0.1, 0.15) is 0 Å². The maximum absolute atomic E-state index is 10.5. The van der Waals surface area contributed by atoms with Crippen LogP contribution in [0.4, 0.5) is 11.4 Å². The number of hydrogen-bond acceptors (Lipinski definition) is 5. The molecule has 0 spiro atoms. The van der Waals surface area contributed by atoms with Gasteiger partial charge in [0.15, 0.2) is 5.75 Å². The molecule has 0 fully saturated rings. The van der Waals surface area contributed by atoms with E-state index in [1.165, 1.54) is 25.3 Å². The largest absolute Gasteiger partial charge is 0.490 e. The van der Waals surface area contributed by atoms with E-state index >= 15 is 0 Å². The first-order valence-electron chi connectivity index (χ1n) is 3.48. The highest BCUT2D eigenvalue weighted by Crippen LogP contribution is 2.28. The summed E-state index contributed by atoms with van der Waals surface area (Å²) in [6.07, 6.45) is 0. The summed E-state index contributed by atoms with van der Waals surface area (Å²) in [6.45, 7) is 0. The number of anilines is 1. The molecule has 0 heterocycles. The second-order valence-corrected chi connectivity index (χ2v) is 2.29. The summed E-state index contributed by atoms with van der Waals surface area (Å²) in [7, 11) is 1.36. The molecule has 0 saturated heterocycles. The van der Waals surface area contributed by atoms with Gasteiger partial charge in [-0.15, -0.1) is 17.0 Å². The van der Waals surface area contributed by atoms with Crippen molar-refractivity contribution >= 4 is 28.4 Å². The second kappa shape index (κ2) is 5.40. The van der Waals surface area contributed by atoms with E-state index in [9.17, 15) is 10.1 Å². The van der Waals surface area contributed by atoms with E-state index in [0.717, 1.165) is 0 Å². The second-order valence-electron chi connectivity index (χ2n) is 2.29. The van der Waals surface area contributed by atoms with Crippen molar-refractivity contribution in [2.45, 2.75) is 0 Å². The van der Waals surface area contributed by atoms with Crippen LogP contribution >= 0.6 is 17.0 Å². The molecule has 1 rings (SSSR count). The van der Waals surface area contributed by atoms with Crippen LogP contribution in [0.2, 0.25) is 0 Å². The third-order valence-electron chi connectivity index (χ3n) is 1.54. The summed E-state index contributed by atoms with van der Waals surface area (Å²) in [5.74, 6) is 5.31. The van der Waals surface area contributed by atoms with Gasteiger partial charge in [0, 0.05) is 12.1 Å². The summed E-state index contributed by atoms with van der Waals surface area (Å²) in [5, 5.41) is 10.5. The van der Waals surface area contributed by atoms with Crippen LogP contribution in [0.5, 0.6) is 5.75 Å². The molecule has 0 aliphatic rings. The summed E-state index contributed by atoms with van der Waals surface area (Å²) in [6, 6.07) is 4.28. The molecule has 14 heavy (non-hydrogen) atoms. The van der Waals surface area contributed by atoms with Crippen LogP contribution in [-0.2, 0) is 0 Å². The van der Waals surface area contributed by atoms with Crippen molar-refractivity contribution in [3.63, 3.8) is 0 Å². The Morgan fingerprint density at radius 1 is 1.57 bits per heavy atom. The van der Waals surface area contributed by atoms with Crippen LogP contribution in [0.25, 0.3) is 0 Å². The van der Waals surface area contributed by atoms with Crippen molar-refractivity contribution in [1.82, 2.24) is 0 Å². The predicted octanol–water partition coefficient (Wildman–Crippen LogP) is 1.47. The van der Waals surface area contributed by atoms with Gasteiger partial charge in [-0.05, 0) is 6.07 Å². The molecule has 78 valence electrons. The Labute approximate surface area is 90.9 Å². The molecule has 6 nitrogen and oxygen atoms in total. The third-order valence-corrected chi connectivity index (χ3v) is 1.54. The zero-order chi connectivity index (χ0) is 9.84. The van der Waals surface area contributed by atoms with Crippen LogP contribution in [-0.4, -0.2) is 12.0 Å². The highest BCUT2D eigenvalue weighted by molar-refractivity contribution is 8.93. The summed E-state index contributed by atoms with van der Waals surface area (Å²) in [5.41, 5.74) is 2.84. The minimum absolute atomic E-state index is 0. The molecule has 1 aromatic carbocycles. The average Bonchev–Trinajstić information content (AvgIpc) is 2.16. The van der Waals surface area contributed by atoms with Gasteiger partial charge in [-0.1, -0.05) is 0 Å². The highest BCUT2D eigenvalue weighted by Gasteiger charge is 2.13. The molecule has 0 amide bonds. The normalized spacial score (nSPS) is 8.71. The quantitative estimate of drug-likeness (QED) is 0.490. The maximum atomic E-state index is 10.5. The van der Waals surface area contributed by atoms with Crippen molar-refractivity contribution in [1.29, 1.82) is 0 Å². The Morgan fingerprint density at radius 2 is 2.21 bits per heavy atom. The van der Waals surface area contributed by atoms with Gasteiger partial charge in [-0.3, -0.25) is 16.0 Å². The van der Waals surface area contributed by atoms with E-state index < -0.39 is 4.92 Å². The lowest BCUT2D eigenvalue weighted by atomic mass is 10.2. The predicted molar refractivity (Wildman–Crippen MR) is 57.8 cm³/mol. The van der Waals surface area contributed by atoms with Gasteiger partial charge in [0.25, 0.3) is 0 Å². The molecule has 0 aliphatic carbocycles. The Kier molecular flexibility index (Phi) is 4.89. The van der Waals surface area contributed by atoms with Crippen molar-refractivity contribution in [3.05, 3.63) is 28.3 Å². The summed E-state index contributed by atoms with van der Waals surface area (Å²) >= 11 is 0. The van der Waals surface area contributed by atoms with E-state index in [0.29, 0.717) is 5.69 Å². The number of hydrazine groups is 1. The lowest BCUT2D eigenvalue weighted by molar-refractivity contribution is -0.385. The van der Waals surface area contributed by atoms with Crippen molar-refractivity contribution in [2.24, 2.45) is 5.84 Å². The van der Waals surface area contributed by atoms with Gasteiger partial charge in [0.2, 0.25) is 0 Å². The van der Waals surface area contributed by atoms with E-state index in [1.807, 2.05) is 0 Å². The number of nitrogen functional groups attached to an aromatic ring is 1. The van der Waals surface area contributed by atoms with Gasteiger partial charge in [-0.2, -0.15) is 0 Å².